The van der Waals surface area contributed by atoms with Crippen LogP contribution in [-0.4, -0.2) is 17.9 Å². The zero-order chi connectivity index (χ0) is 12.7. The molecule has 0 atom stereocenters. The van der Waals surface area contributed by atoms with Gasteiger partial charge in [-0.15, -0.1) is 0 Å². The van der Waals surface area contributed by atoms with Gasteiger partial charge in [0.15, 0.2) is 0 Å². The van der Waals surface area contributed by atoms with Crippen LogP contribution in [0.25, 0.3) is 0 Å². The van der Waals surface area contributed by atoms with Gasteiger partial charge >= 0.3 is 0 Å². The predicted octanol–water partition coefficient (Wildman–Crippen LogP) is 2.71. The average Bonchev–Trinajstić information content (AvgIpc) is 2.36. The first-order valence-corrected chi connectivity index (χ1v) is 5.90. The molecule has 0 aliphatic rings. The monoisotopic (exact) mass is 230 g/mol. The molecule has 0 aromatic heterocycles. The maximum atomic E-state index is 11.7. The van der Waals surface area contributed by atoms with E-state index in [9.17, 15) is 4.79 Å². The van der Waals surface area contributed by atoms with Crippen molar-refractivity contribution in [3.63, 3.8) is 0 Å². The molecule has 1 rings (SSSR count). The summed E-state index contributed by atoms with van der Waals surface area (Å²) in [6, 6.07) is 9.47. The molecule has 0 spiro atoms. The standard InChI is InChI=1S/C14H18N2O/c1-3-4-8-14(17)16(2)11-13-7-5-6-12(9-13)10-15/h5-7,9H,3-4,8,11H2,1-2H3. The highest BCUT2D eigenvalue weighted by Gasteiger charge is 2.08. The fourth-order valence-electron chi connectivity index (χ4n) is 1.62. The zero-order valence-corrected chi connectivity index (χ0v) is 10.4. The van der Waals surface area contributed by atoms with Gasteiger partial charge in [0, 0.05) is 20.0 Å². The van der Waals surface area contributed by atoms with E-state index in [1.165, 1.54) is 0 Å². The van der Waals surface area contributed by atoms with Crippen molar-refractivity contribution < 1.29 is 4.79 Å². The quantitative estimate of drug-likeness (QED) is 0.780. The second-order valence-electron chi connectivity index (χ2n) is 4.17. The number of carbonyl (C=O) groups excluding carboxylic acids is 1. The van der Waals surface area contributed by atoms with Crippen molar-refractivity contribution in [3.8, 4) is 6.07 Å². The van der Waals surface area contributed by atoms with E-state index >= 15 is 0 Å². The van der Waals surface area contributed by atoms with E-state index in [0.717, 1.165) is 18.4 Å². The Morgan fingerprint density at radius 3 is 2.88 bits per heavy atom. The number of hydrogen-bond donors (Lipinski definition) is 0. The molecule has 0 aliphatic heterocycles. The van der Waals surface area contributed by atoms with Gasteiger partial charge in [0.05, 0.1) is 11.6 Å². The molecule has 0 fully saturated rings. The molecule has 3 heteroatoms. The fraction of sp³-hybridized carbons (Fsp3) is 0.429. The molecule has 0 bridgehead atoms. The third-order valence-electron chi connectivity index (χ3n) is 2.65. The van der Waals surface area contributed by atoms with Crippen LogP contribution < -0.4 is 0 Å². The third-order valence-corrected chi connectivity index (χ3v) is 2.65. The lowest BCUT2D eigenvalue weighted by Gasteiger charge is -2.17. The molecular formula is C14H18N2O. The number of carbonyl (C=O) groups is 1. The number of nitrogens with zero attached hydrogens (tertiary/aromatic N) is 2. The Morgan fingerprint density at radius 1 is 1.47 bits per heavy atom. The predicted molar refractivity (Wildman–Crippen MR) is 67.2 cm³/mol. The molecular weight excluding hydrogens is 212 g/mol. The highest BCUT2D eigenvalue weighted by molar-refractivity contribution is 5.75. The summed E-state index contributed by atoms with van der Waals surface area (Å²) < 4.78 is 0. The molecule has 0 N–H and O–H groups in total. The molecule has 3 nitrogen and oxygen atoms in total. The minimum absolute atomic E-state index is 0.161. The van der Waals surface area contributed by atoms with E-state index in [4.69, 9.17) is 5.26 Å². The van der Waals surface area contributed by atoms with E-state index in [2.05, 4.69) is 13.0 Å². The molecule has 90 valence electrons. The van der Waals surface area contributed by atoms with Gasteiger partial charge in [-0.3, -0.25) is 4.79 Å². The molecule has 0 radical (unpaired) electrons. The molecule has 1 aromatic carbocycles. The Bertz CT molecular complexity index is 420. The summed E-state index contributed by atoms with van der Waals surface area (Å²) in [6.07, 6.45) is 2.57. The van der Waals surface area contributed by atoms with Gasteiger partial charge in [-0.1, -0.05) is 25.5 Å². The number of rotatable bonds is 5. The highest BCUT2D eigenvalue weighted by Crippen LogP contribution is 2.08. The van der Waals surface area contributed by atoms with Crippen LogP contribution in [0.3, 0.4) is 0 Å². The van der Waals surface area contributed by atoms with Crippen molar-refractivity contribution in [3.05, 3.63) is 35.4 Å². The Labute approximate surface area is 103 Å². The average molecular weight is 230 g/mol. The zero-order valence-electron chi connectivity index (χ0n) is 10.4. The normalized spacial score (nSPS) is 9.71. The smallest absolute Gasteiger partial charge is 0.222 e. The Hall–Kier alpha value is -1.82. The van der Waals surface area contributed by atoms with Crippen molar-refractivity contribution in [1.29, 1.82) is 5.26 Å². The number of benzene rings is 1. The van der Waals surface area contributed by atoms with Crippen LogP contribution in [0, 0.1) is 11.3 Å². The van der Waals surface area contributed by atoms with Gasteiger partial charge in [-0.05, 0) is 24.1 Å². The highest BCUT2D eigenvalue weighted by atomic mass is 16.2. The summed E-state index contributed by atoms with van der Waals surface area (Å²) in [5, 5.41) is 8.79. The van der Waals surface area contributed by atoms with Crippen LogP contribution in [0.5, 0.6) is 0 Å². The Morgan fingerprint density at radius 2 is 2.24 bits per heavy atom. The van der Waals surface area contributed by atoms with Crippen LogP contribution in [0.2, 0.25) is 0 Å². The van der Waals surface area contributed by atoms with Crippen LogP contribution in [-0.2, 0) is 11.3 Å². The fourth-order valence-corrected chi connectivity index (χ4v) is 1.62. The first-order valence-electron chi connectivity index (χ1n) is 5.90. The number of nitriles is 1. The largest absolute Gasteiger partial charge is 0.341 e. The maximum absolute atomic E-state index is 11.7. The first kappa shape index (κ1) is 13.2. The number of hydrogen-bond acceptors (Lipinski definition) is 2. The van der Waals surface area contributed by atoms with E-state index in [1.807, 2.05) is 18.2 Å². The molecule has 1 aromatic rings. The maximum Gasteiger partial charge on any atom is 0.222 e. The molecule has 0 heterocycles. The molecule has 17 heavy (non-hydrogen) atoms. The van der Waals surface area contributed by atoms with Crippen LogP contribution in [0.1, 0.15) is 37.3 Å². The van der Waals surface area contributed by atoms with E-state index in [0.29, 0.717) is 18.5 Å². The number of amides is 1. The number of unbranched alkanes of at least 4 members (excludes halogenated alkanes) is 1. The van der Waals surface area contributed by atoms with Gasteiger partial charge in [0.25, 0.3) is 0 Å². The van der Waals surface area contributed by atoms with Crippen LogP contribution in [0.15, 0.2) is 24.3 Å². The summed E-state index contributed by atoms with van der Waals surface area (Å²) in [4.78, 5) is 13.4. The lowest BCUT2D eigenvalue weighted by Crippen LogP contribution is -2.25. The summed E-state index contributed by atoms with van der Waals surface area (Å²) >= 11 is 0. The minimum atomic E-state index is 0.161. The summed E-state index contributed by atoms with van der Waals surface area (Å²) in [5.41, 5.74) is 1.63. The second-order valence-corrected chi connectivity index (χ2v) is 4.17. The van der Waals surface area contributed by atoms with Crippen LogP contribution in [0.4, 0.5) is 0 Å². The lowest BCUT2D eigenvalue weighted by atomic mass is 10.1. The van der Waals surface area contributed by atoms with Gasteiger partial charge in [-0.2, -0.15) is 5.26 Å². The molecule has 0 saturated heterocycles. The van der Waals surface area contributed by atoms with E-state index in [-0.39, 0.29) is 5.91 Å². The van der Waals surface area contributed by atoms with Crippen molar-refractivity contribution in [2.24, 2.45) is 0 Å². The third kappa shape index (κ3) is 4.28. The van der Waals surface area contributed by atoms with Gasteiger partial charge in [0.2, 0.25) is 5.91 Å². The topological polar surface area (TPSA) is 44.1 Å². The van der Waals surface area contributed by atoms with Gasteiger partial charge in [-0.25, -0.2) is 0 Å². The van der Waals surface area contributed by atoms with Gasteiger partial charge in [0.1, 0.15) is 0 Å². The Kier molecular flexibility index (Phi) is 5.22. The SMILES string of the molecule is CCCCC(=O)N(C)Cc1cccc(C#N)c1. The van der Waals surface area contributed by atoms with Crippen molar-refractivity contribution in [1.82, 2.24) is 4.90 Å². The van der Waals surface area contributed by atoms with Crippen molar-refractivity contribution in [2.75, 3.05) is 7.05 Å². The molecule has 1 amide bonds. The van der Waals surface area contributed by atoms with Crippen molar-refractivity contribution >= 4 is 5.91 Å². The van der Waals surface area contributed by atoms with Crippen molar-refractivity contribution in [2.45, 2.75) is 32.7 Å². The first-order chi connectivity index (χ1) is 8.17. The van der Waals surface area contributed by atoms with Gasteiger partial charge < -0.3 is 4.90 Å². The minimum Gasteiger partial charge on any atom is -0.341 e. The molecule has 0 aliphatic carbocycles. The van der Waals surface area contributed by atoms with E-state index < -0.39 is 0 Å². The second kappa shape index (κ2) is 6.70. The van der Waals surface area contributed by atoms with Crippen LogP contribution >= 0.6 is 0 Å². The lowest BCUT2D eigenvalue weighted by molar-refractivity contribution is -0.130. The Balaban J connectivity index is 2.58. The molecule has 0 saturated carbocycles. The summed E-state index contributed by atoms with van der Waals surface area (Å²) in [7, 11) is 1.80. The summed E-state index contributed by atoms with van der Waals surface area (Å²) in [5.74, 6) is 0.161. The van der Waals surface area contributed by atoms with E-state index in [1.54, 1.807) is 18.0 Å². The summed E-state index contributed by atoms with van der Waals surface area (Å²) in [6.45, 7) is 2.64. The molecule has 0 unspecified atom stereocenters.